The monoisotopic (exact) mass is 212 g/mol. The van der Waals surface area contributed by atoms with Gasteiger partial charge in [-0.3, -0.25) is 0 Å². The molecule has 0 aromatic rings. The molecule has 2 fully saturated rings. The summed E-state index contributed by atoms with van der Waals surface area (Å²) in [6.07, 6.45) is 4.57. The number of hydrogen-bond acceptors (Lipinski definition) is 3. The normalized spacial score (nSPS) is 37.6. The summed E-state index contributed by atoms with van der Waals surface area (Å²) < 4.78 is 0. The maximum Gasteiger partial charge on any atom is 0.0693 e. The first-order valence-corrected chi connectivity index (χ1v) is 6.43. The van der Waals surface area contributed by atoms with Crippen molar-refractivity contribution in [3.63, 3.8) is 0 Å². The van der Waals surface area contributed by atoms with E-state index in [2.05, 4.69) is 17.1 Å². The van der Waals surface area contributed by atoms with Crippen LogP contribution < -0.4 is 5.32 Å². The third-order valence-electron chi connectivity index (χ3n) is 3.97. The quantitative estimate of drug-likeness (QED) is 0.724. The third kappa shape index (κ3) is 2.92. The van der Waals surface area contributed by atoms with Gasteiger partial charge in [-0.2, -0.15) is 0 Å². The topological polar surface area (TPSA) is 35.5 Å². The summed E-state index contributed by atoms with van der Waals surface area (Å²) in [6, 6.07) is 0.376. The van der Waals surface area contributed by atoms with E-state index in [9.17, 15) is 5.11 Å². The third-order valence-corrected chi connectivity index (χ3v) is 3.97. The summed E-state index contributed by atoms with van der Waals surface area (Å²) in [5.41, 5.74) is 0. The van der Waals surface area contributed by atoms with Gasteiger partial charge in [-0.25, -0.2) is 0 Å². The van der Waals surface area contributed by atoms with E-state index in [0.717, 1.165) is 25.3 Å². The summed E-state index contributed by atoms with van der Waals surface area (Å²) in [5.74, 6) is 0.803. The van der Waals surface area contributed by atoms with Crippen LogP contribution in [0.15, 0.2) is 0 Å². The minimum absolute atomic E-state index is 0.0892. The molecule has 2 N–H and O–H groups in total. The Morgan fingerprint density at radius 1 is 1.33 bits per heavy atom. The Balaban J connectivity index is 1.66. The lowest BCUT2D eigenvalue weighted by atomic mass is 10.1. The second-order valence-electron chi connectivity index (χ2n) is 5.06. The largest absolute Gasteiger partial charge is 0.392 e. The van der Waals surface area contributed by atoms with Crippen molar-refractivity contribution in [1.29, 1.82) is 0 Å². The van der Waals surface area contributed by atoms with Gasteiger partial charge >= 0.3 is 0 Å². The Morgan fingerprint density at radius 3 is 2.80 bits per heavy atom. The van der Waals surface area contributed by atoms with Crippen molar-refractivity contribution >= 4 is 0 Å². The number of aliphatic hydroxyl groups excluding tert-OH is 1. The predicted molar refractivity (Wildman–Crippen MR) is 61.9 cm³/mol. The van der Waals surface area contributed by atoms with E-state index in [1.54, 1.807) is 0 Å². The lowest BCUT2D eigenvalue weighted by Crippen LogP contribution is -2.39. The maximum atomic E-state index is 9.69. The lowest BCUT2D eigenvalue weighted by molar-refractivity contribution is 0.147. The highest BCUT2D eigenvalue weighted by Gasteiger charge is 2.27. The van der Waals surface area contributed by atoms with Crippen LogP contribution in [0.25, 0.3) is 0 Å². The van der Waals surface area contributed by atoms with Crippen molar-refractivity contribution in [3.8, 4) is 0 Å². The van der Waals surface area contributed by atoms with E-state index in [0.29, 0.717) is 6.04 Å². The molecule has 2 rings (SSSR count). The Bertz CT molecular complexity index is 198. The van der Waals surface area contributed by atoms with Crippen molar-refractivity contribution in [2.24, 2.45) is 5.92 Å². The SMILES string of the molecule is CCN1CCC(CN[C@@H]2CCC[C@H]2O)C1. The van der Waals surface area contributed by atoms with E-state index in [4.69, 9.17) is 0 Å². The van der Waals surface area contributed by atoms with E-state index < -0.39 is 0 Å². The average molecular weight is 212 g/mol. The summed E-state index contributed by atoms with van der Waals surface area (Å²) in [4.78, 5) is 2.51. The molecule has 2 aliphatic rings. The van der Waals surface area contributed by atoms with Crippen molar-refractivity contribution in [2.75, 3.05) is 26.2 Å². The fourth-order valence-electron chi connectivity index (χ4n) is 2.86. The zero-order chi connectivity index (χ0) is 10.7. The second-order valence-corrected chi connectivity index (χ2v) is 5.06. The van der Waals surface area contributed by atoms with Gasteiger partial charge in [0.25, 0.3) is 0 Å². The first-order valence-electron chi connectivity index (χ1n) is 6.43. The van der Waals surface area contributed by atoms with Crippen LogP contribution in [0.2, 0.25) is 0 Å². The van der Waals surface area contributed by atoms with E-state index in [1.807, 2.05) is 0 Å². The molecule has 3 nitrogen and oxygen atoms in total. The van der Waals surface area contributed by atoms with Gasteiger partial charge in [0.05, 0.1) is 6.10 Å². The number of aliphatic hydroxyl groups is 1. The van der Waals surface area contributed by atoms with Crippen LogP contribution >= 0.6 is 0 Å². The molecule has 1 saturated heterocycles. The van der Waals surface area contributed by atoms with E-state index in [1.165, 1.54) is 32.5 Å². The Hall–Kier alpha value is -0.120. The van der Waals surface area contributed by atoms with Crippen LogP contribution in [0.5, 0.6) is 0 Å². The van der Waals surface area contributed by atoms with E-state index >= 15 is 0 Å². The molecule has 1 aliphatic carbocycles. The second kappa shape index (κ2) is 5.28. The number of rotatable bonds is 4. The lowest BCUT2D eigenvalue weighted by Gasteiger charge is -2.19. The van der Waals surface area contributed by atoms with Gasteiger partial charge in [-0.15, -0.1) is 0 Å². The van der Waals surface area contributed by atoms with Gasteiger partial charge in [0.2, 0.25) is 0 Å². The highest BCUT2D eigenvalue weighted by Crippen LogP contribution is 2.20. The molecule has 3 heteroatoms. The molecule has 0 aromatic heterocycles. The van der Waals surface area contributed by atoms with Gasteiger partial charge in [0.15, 0.2) is 0 Å². The molecule has 0 spiro atoms. The molecule has 1 saturated carbocycles. The first-order chi connectivity index (χ1) is 7.29. The van der Waals surface area contributed by atoms with Crippen LogP contribution in [0.3, 0.4) is 0 Å². The minimum atomic E-state index is -0.0892. The van der Waals surface area contributed by atoms with E-state index in [-0.39, 0.29) is 6.10 Å². The molecule has 0 aromatic carbocycles. The molecule has 1 heterocycles. The first kappa shape index (κ1) is 11.4. The number of likely N-dealkylation sites (tertiary alicyclic amines) is 1. The average Bonchev–Trinajstić information content (AvgIpc) is 2.84. The molecule has 1 unspecified atom stereocenters. The fraction of sp³-hybridized carbons (Fsp3) is 1.00. The Kier molecular flexibility index (Phi) is 4.00. The van der Waals surface area contributed by atoms with Crippen molar-refractivity contribution in [3.05, 3.63) is 0 Å². The van der Waals surface area contributed by atoms with Gasteiger partial charge in [-0.05, 0) is 51.2 Å². The summed E-state index contributed by atoms with van der Waals surface area (Å²) in [5, 5.41) is 13.2. The summed E-state index contributed by atoms with van der Waals surface area (Å²) >= 11 is 0. The van der Waals surface area contributed by atoms with Crippen LogP contribution in [-0.4, -0.2) is 48.3 Å². The predicted octanol–water partition coefficient (Wildman–Crippen LogP) is 0.831. The van der Waals surface area contributed by atoms with Crippen LogP contribution in [0.4, 0.5) is 0 Å². The molecule has 15 heavy (non-hydrogen) atoms. The van der Waals surface area contributed by atoms with Gasteiger partial charge in [0, 0.05) is 12.6 Å². The van der Waals surface area contributed by atoms with Gasteiger partial charge < -0.3 is 15.3 Å². The highest BCUT2D eigenvalue weighted by atomic mass is 16.3. The smallest absolute Gasteiger partial charge is 0.0693 e. The standard InChI is InChI=1S/C12H24N2O/c1-2-14-7-6-10(9-14)8-13-11-4-3-5-12(11)15/h10-13,15H,2-9H2,1H3/t10?,11-,12-/m1/s1. The van der Waals surface area contributed by atoms with Gasteiger partial charge in [-0.1, -0.05) is 6.92 Å². The van der Waals surface area contributed by atoms with Crippen LogP contribution in [0, 0.1) is 5.92 Å². The molecule has 88 valence electrons. The van der Waals surface area contributed by atoms with Gasteiger partial charge in [0.1, 0.15) is 0 Å². The molecule has 1 aliphatic heterocycles. The summed E-state index contributed by atoms with van der Waals surface area (Å²) in [7, 11) is 0. The van der Waals surface area contributed by atoms with Crippen LogP contribution in [0.1, 0.15) is 32.6 Å². The number of nitrogens with one attached hydrogen (secondary N) is 1. The number of nitrogens with zero attached hydrogens (tertiary/aromatic N) is 1. The summed E-state index contributed by atoms with van der Waals surface area (Å²) in [6.45, 7) is 7.01. The Labute approximate surface area is 92.8 Å². The zero-order valence-corrected chi connectivity index (χ0v) is 9.78. The molecule has 0 amide bonds. The molecular weight excluding hydrogens is 188 g/mol. The van der Waals surface area contributed by atoms with Crippen molar-refractivity contribution in [1.82, 2.24) is 10.2 Å². The van der Waals surface area contributed by atoms with Crippen molar-refractivity contribution in [2.45, 2.75) is 44.8 Å². The minimum Gasteiger partial charge on any atom is -0.392 e. The fourth-order valence-corrected chi connectivity index (χ4v) is 2.86. The van der Waals surface area contributed by atoms with Crippen LogP contribution in [-0.2, 0) is 0 Å². The maximum absolute atomic E-state index is 9.69. The zero-order valence-electron chi connectivity index (χ0n) is 9.78. The Morgan fingerprint density at radius 2 is 2.20 bits per heavy atom. The molecular formula is C12H24N2O. The van der Waals surface area contributed by atoms with Crippen molar-refractivity contribution < 1.29 is 5.11 Å². The molecule has 3 atom stereocenters. The number of hydrogen-bond donors (Lipinski definition) is 2. The molecule has 0 radical (unpaired) electrons. The highest BCUT2D eigenvalue weighted by molar-refractivity contribution is 4.85. The molecule has 0 bridgehead atoms.